The van der Waals surface area contributed by atoms with E-state index in [0.717, 1.165) is 0 Å². The van der Waals surface area contributed by atoms with Gasteiger partial charge in [0, 0.05) is 12.1 Å². The molecule has 0 radical (unpaired) electrons. The van der Waals surface area contributed by atoms with Gasteiger partial charge in [0.2, 0.25) is 0 Å². The third kappa shape index (κ3) is 1.45. The van der Waals surface area contributed by atoms with Crippen molar-refractivity contribution in [2.45, 2.75) is 0 Å². The van der Waals surface area contributed by atoms with E-state index >= 15 is 0 Å². The highest BCUT2D eigenvalue weighted by Gasteiger charge is 1.92. The minimum absolute atomic E-state index is 0.310. The van der Waals surface area contributed by atoms with E-state index in [-0.39, 0.29) is 0 Å². The summed E-state index contributed by atoms with van der Waals surface area (Å²) in [4.78, 5) is 9.75. The lowest BCUT2D eigenvalue weighted by molar-refractivity contribution is -0.605. The van der Waals surface area contributed by atoms with Crippen molar-refractivity contribution in [3.63, 3.8) is 0 Å². The van der Waals surface area contributed by atoms with Crippen molar-refractivity contribution in [1.29, 1.82) is 0 Å². The van der Waals surface area contributed by atoms with Crippen molar-refractivity contribution in [3.05, 3.63) is 29.7 Å². The van der Waals surface area contributed by atoms with E-state index < -0.39 is 0 Å². The second kappa shape index (κ2) is 2.82. The van der Waals surface area contributed by atoms with Crippen LogP contribution in [0.3, 0.4) is 0 Å². The molecule has 0 amide bonds. The van der Waals surface area contributed by atoms with Gasteiger partial charge in [0.15, 0.2) is 12.4 Å². The van der Waals surface area contributed by atoms with Crippen LogP contribution in [0, 0.1) is 5.21 Å². The first kappa shape index (κ1) is 6.54. The molecule has 1 aromatic rings. The Bertz CT molecular complexity index is 219. The Kier molecular flexibility index (Phi) is 1.84. The van der Waals surface area contributed by atoms with Gasteiger partial charge in [-0.2, -0.15) is 4.73 Å². The fourth-order valence-corrected chi connectivity index (χ4v) is 0.533. The van der Waals surface area contributed by atoms with Crippen LogP contribution < -0.4 is 9.47 Å². The van der Waals surface area contributed by atoms with Crippen LogP contribution >= 0.6 is 0 Å². The van der Waals surface area contributed by atoms with Crippen LogP contribution in [-0.4, -0.2) is 6.47 Å². The monoisotopic (exact) mass is 139 g/mol. The molecular weight excluding hydrogens is 134 g/mol. The van der Waals surface area contributed by atoms with Crippen molar-refractivity contribution in [2.75, 3.05) is 0 Å². The Balaban J connectivity index is 2.78. The highest BCUT2D eigenvalue weighted by atomic mass is 16.5. The molecule has 0 saturated carbocycles. The predicted octanol–water partition coefficient (Wildman–Crippen LogP) is -0.145. The van der Waals surface area contributed by atoms with Gasteiger partial charge in [-0.15, -0.1) is 0 Å². The molecule has 0 aliphatic heterocycles. The first-order valence-electron chi connectivity index (χ1n) is 2.62. The van der Waals surface area contributed by atoms with Gasteiger partial charge >= 0.3 is 0 Å². The summed E-state index contributed by atoms with van der Waals surface area (Å²) in [7, 11) is 0. The lowest BCUT2D eigenvalue weighted by Gasteiger charge is -1.95. The fourth-order valence-electron chi connectivity index (χ4n) is 0.533. The Labute approximate surface area is 57.2 Å². The number of pyridine rings is 1. The Morgan fingerprint density at radius 2 is 2.10 bits per heavy atom. The van der Waals surface area contributed by atoms with Crippen molar-refractivity contribution < 1.29 is 14.3 Å². The van der Waals surface area contributed by atoms with Crippen molar-refractivity contribution in [1.82, 2.24) is 0 Å². The largest absolute Gasteiger partial charge is 0.619 e. The number of ether oxygens (including phenoxy) is 1. The maximum Gasteiger partial charge on any atom is 0.298 e. The molecule has 0 N–H and O–H groups in total. The van der Waals surface area contributed by atoms with Gasteiger partial charge in [-0.1, -0.05) is 0 Å². The normalized spacial score (nSPS) is 8.80. The summed E-state index contributed by atoms with van der Waals surface area (Å²) in [6.07, 6.45) is 2.50. The van der Waals surface area contributed by atoms with Gasteiger partial charge in [-0.3, -0.25) is 4.79 Å². The standard InChI is InChI=1S/C6H5NO3/c8-5-10-6-1-3-7(9)4-2-6/h1-5H. The summed E-state index contributed by atoms with van der Waals surface area (Å²) in [6, 6.07) is 2.81. The van der Waals surface area contributed by atoms with Gasteiger partial charge in [-0.25, -0.2) is 0 Å². The van der Waals surface area contributed by atoms with Crippen LogP contribution in [0.5, 0.6) is 5.75 Å². The second-order valence-electron chi connectivity index (χ2n) is 1.61. The number of aromatic nitrogens is 1. The SMILES string of the molecule is O=COc1cc[n+]([O-])cc1. The van der Waals surface area contributed by atoms with E-state index in [9.17, 15) is 10.0 Å². The summed E-state index contributed by atoms with van der Waals surface area (Å²) >= 11 is 0. The molecule has 0 aromatic carbocycles. The quantitative estimate of drug-likeness (QED) is 0.325. The molecule has 1 heterocycles. The van der Waals surface area contributed by atoms with Crippen molar-refractivity contribution in [3.8, 4) is 5.75 Å². The van der Waals surface area contributed by atoms with Gasteiger partial charge in [0.05, 0.1) is 0 Å². The van der Waals surface area contributed by atoms with E-state index in [0.29, 0.717) is 17.0 Å². The Hall–Kier alpha value is -1.58. The molecule has 0 aliphatic rings. The lowest BCUT2D eigenvalue weighted by Crippen LogP contribution is -2.23. The van der Waals surface area contributed by atoms with E-state index in [1.54, 1.807) is 0 Å². The third-order valence-electron chi connectivity index (χ3n) is 0.956. The maximum absolute atomic E-state index is 10.4. The molecule has 0 spiro atoms. The zero-order valence-corrected chi connectivity index (χ0v) is 5.06. The molecule has 4 nitrogen and oxygen atoms in total. The molecule has 52 valence electrons. The molecule has 0 saturated heterocycles. The average molecular weight is 139 g/mol. The topological polar surface area (TPSA) is 53.2 Å². The molecule has 0 aliphatic carbocycles. The van der Waals surface area contributed by atoms with E-state index in [4.69, 9.17) is 0 Å². The number of carbonyl (C=O) groups excluding carboxylic acids is 1. The number of carbonyl (C=O) groups is 1. The Morgan fingerprint density at radius 1 is 1.50 bits per heavy atom. The molecule has 10 heavy (non-hydrogen) atoms. The summed E-state index contributed by atoms with van der Waals surface area (Å²) in [5.41, 5.74) is 0. The van der Waals surface area contributed by atoms with Crippen LogP contribution in [0.2, 0.25) is 0 Å². The van der Waals surface area contributed by atoms with Crippen LogP contribution in [0.15, 0.2) is 24.5 Å². The van der Waals surface area contributed by atoms with Gasteiger partial charge in [0.25, 0.3) is 6.47 Å². The van der Waals surface area contributed by atoms with E-state index in [1.165, 1.54) is 24.5 Å². The molecule has 0 unspecified atom stereocenters. The molecule has 1 rings (SSSR count). The van der Waals surface area contributed by atoms with Gasteiger partial charge < -0.3 is 9.94 Å². The lowest BCUT2D eigenvalue weighted by atomic mass is 10.5. The van der Waals surface area contributed by atoms with Crippen LogP contribution in [0.1, 0.15) is 0 Å². The zero-order chi connectivity index (χ0) is 7.40. The molecule has 1 aromatic heterocycles. The minimum atomic E-state index is 0.310. The first-order chi connectivity index (χ1) is 4.83. The van der Waals surface area contributed by atoms with Crippen molar-refractivity contribution >= 4 is 6.47 Å². The fraction of sp³-hybridized carbons (Fsp3) is 0. The molecule has 4 heteroatoms. The molecule has 0 atom stereocenters. The smallest absolute Gasteiger partial charge is 0.298 e. The molecular formula is C6H5NO3. The highest BCUT2D eigenvalue weighted by Crippen LogP contribution is 2.03. The Morgan fingerprint density at radius 3 is 2.60 bits per heavy atom. The van der Waals surface area contributed by atoms with E-state index in [2.05, 4.69) is 4.74 Å². The maximum atomic E-state index is 10.4. The summed E-state index contributed by atoms with van der Waals surface area (Å²) < 4.78 is 5.04. The summed E-state index contributed by atoms with van der Waals surface area (Å²) in [6.45, 7) is 0.310. The first-order valence-corrected chi connectivity index (χ1v) is 2.62. The number of hydrogen-bond acceptors (Lipinski definition) is 3. The number of rotatable bonds is 2. The second-order valence-corrected chi connectivity index (χ2v) is 1.61. The van der Waals surface area contributed by atoms with Crippen LogP contribution in [-0.2, 0) is 4.79 Å². The number of nitrogens with zero attached hydrogens (tertiary/aromatic N) is 1. The summed E-state index contributed by atoms with van der Waals surface area (Å²) in [5.74, 6) is 0.363. The van der Waals surface area contributed by atoms with Gasteiger partial charge in [-0.05, 0) is 0 Å². The number of hydrogen-bond donors (Lipinski definition) is 0. The average Bonchev–Trinajstić information content (AvgIpc) is 1.95. The van der Waals surface area contributed by atoms with Crippen molar-refractivity contribution in [2.24, 2.45) is 0 Å². The molecule has 0 fully saturated rings. The zero-order valence-electron chi connectivity index (χ0n) is 5.06. The van der Waals surface area contributed by atoms with Crippen LogP contribution in [0.4, 0.5) is 0 Å². The summed E-state index contributed by atoms with van der Waals surface area (Å²) in [5, 5.41) is 10.4. The highest BCUT2D eigenvalue weighted by molar-refractivity contribution is 5.43. The van der Waals surface area contributed by atoms with Crippen LogP contribution in [0.25, 0.3) is 0 Å². The van der Waals surface area contributed by atoms with Gasteiger partial charge in [0.1, 0.15) is 5.75 Å². The predicted molar refractivity (Wildman–Crippen MR) is 32.1 cm³/mol. The van der Waals surface area contributed by atoms with E-state index in [1.807, 2.05) is 0 Å². The molecule has 0 bridgehead atoms. The minimum Gasteiger partial charge on any atom is -0.619 e. The third-order valence-corrected chi connectivity index (χ3v) is 0.956.